The van der Waals surface area contributed by atoms with E-state index in [1.807, 2.05) is 66.7 Å². The first-order chi connectivity index (χ1) is 24.5. The third kappa shape index (κ3) is 7.83. The third-order valence-electron chi connectivity index (χ3n) is 9.25. The van der Waals surface area contributed by atoms with Gasteiger partial charge in [-0.1, -0.05) is 98.8 Å². The molecule has 4 aromatic carbocycles. The van der Waals surface area contributed by atoms with E-state index in [0.29, 0.717) is 17.9 Å². The second-order valence-corrected chi connectivity index (χ2v) is 13.1. The number of nitrogens with zero attached hydrogens (tertiary/aromatic N) is 1. The molecule has 1 heterocycles. The lowest BCUT2D eigenvalue weighted by molar-refractivity contribution is -0.148. The van der Waals surface area contributed by atoms with Crippen molar-refractivity contribution in [1.29, 1.82) is 0 Å². The molecule has 12 heteroatoms. The number of carbonyl (C=O) groups excluding carboxylic acids is 3. The molecule has 0 fully saturated rings. The topological polar surface area (TPSA) is 159 Å². The molecule has 51 heavy (non-hydrogen) atoms. The molecule has 266 valence electrons. The smallest absolute Gasteiger partial charge is 0.407 e. The van der Waals surface area contributed by atoms with Crippen LogP contribution in [0.3, 0.4) is 0 Å². The van der Waals surface area contributed by atoms with Gasteiger partial charge in [0.1, 0.15) is 6.04 Å². The minimum Gasteiger partial charge on any atom is -0.454 e. The molecule has 0 saturated heterocycles. The van der Waals surface area contributed by atoms with Gasteiger partial charge in [-0.2, -0.15) is 0 Å². The molecular weight excluding hydrogens is 652 g/mol. The minimum atomic E-state index is -2.19. The predicted molar refractivity (Wildman–Crippen MR) is 188 cm³/mol. The molecule has 0 unspecified atom stereocenters. The molecule has 0 radical (unpaired) electrons. The Hall–Kier alpha value is -5.43. The average Bonchev–Trinajstić information content (AvgIpc) is 3.74. The molecule has 4 atom stereocenters. The number of nitrogens with one attached hydrogen (secondary N) is 3. The van der Waals surface area contributed by atoms with Crippen molar-refractivity contribution < 1.29 is 38.8 Å². The van der Waals surface area contributed by atoms with Gasteiger partial charge in [0.15, 0.2) is 17.1 Å². The molecule has 1 aliphatic carbocycles. The maximum absolute atomic E-state index is 14.3. The Bertz CT molecular complexity index is 1870. The fourth-order valence-electron chi connectivity index (χ4n) is 6.47. The quantitative estimate of drug-likeness (QED) is 0.139. The summed E-state index contributed by atoms with van der Waals surface area (Å²) in [6, 6.07) is 27.5. The molecule has 2 aliphatic rings. The van der Waals surface area contributed by atoms with Gasteiger partial charge in [-0.05, 0) is 51.4 Å². The van der Waals surface area contributed by atoms with Crippen LogP contribution < -0.4 is 25.5 Å². The number of methoxy groups -OCH3 is 1. The summed E-state index contributed by atoms with van der Waals surface area (Å²) in [6.45, 7) is 3.42. The Labute approximate surface area is 296 Å². The van der Waals surface area contributed by atoms with Gasteiger partial charge in [0, 0.05) is 13.0 Å². The Balaban J connectivity index is 1.30. The largest absolute Gasteiger partial charge is 0.454 e. The predicted octanol–water partition coefficient (Wildman–Crippen LogP) is 3.96. The number of ether oxygens (including phenoxy) is 3. The number of hydrogen-bond acceptors (Lipinski definition) is 9. The highest BCUT2D eigenvalue weighted by Gasteiger charge is 2.44. The Morgan fingerprint density at radius 2 is 1.61 bits per heavy atom. The van der Waals surface area contributed by atoms with Crippen molar-refractivity contribution >= 4 is 17.9 Å². The van der Waals surface area contributed by atoms with Gasteiger partial charge in [0.25, 0.3) is 11.8 Å². The van der Waals surface area contributed by atoms with E-state index in [1.54, 1.807) is 44.2 Å². The van der Waals surface area contributed by atoms with Crippen molar-refractivity contribution in [2.75, 3.05) is 20.4 Å². The molecular formula is C39H42N4O8. The summed E-state index contributed by atoms with van der Waals surface area (Å²) < 4.78 is 15.7. The first kappa shape index (κ1) is 35.4. The molecule has 3 amide bonds. The van der Waals surface area contributed by atoms with Crippen molar-refractivity contribution in [2.24, 2.45) is 5.92 Å². The van der Waals surface area contributed by atoms with E-state index in [4.69, 9.17) is 14.2 Å². The van der Waals surface area contributed by atoms with Gasteiger partial charge in [0.2, 0.25) is 6.79 Å². The van der Waals surface area contributed by atoms with Crippen LogP contribution in [0.25, 0.3) is 11.1 Å². The van der Waals surface area contributed by atoms with Gasteiger partial charge in [-0.15, -0.1) is 0 Å². The van der Waals surface area contributed by atoms with Gasteiger partial charge in [-0.25, -0.2) is 9.80 Å². The maximum atomic E-state index is 14.3. The highest BCUT2D eigenvalue weighted by atomic mass is 16.7. The number of fused-ring (bicyclic) bond motifs is 2. The fourth-order valence-corrected chi connectivity index (χ4v) is 6.47. The normalized spacial score (nSPS) is 17.7. The van der Waals surface area contributed by atoms with Crippen LogP contribution in [0.15, 0.2) is 97.1 Å². The molecule has 0 aromatic heterocycles. The number of carbonyl (C=O) groups is 3. The summed E-state index contributed by atoms with van der Waals surface area (Å²) in [5.74, 6) is -0.294. The minimum absolute atomic E-state index is 0.0769. The molecule has 4 aromatic rings. The van der Waals surface area contributed by atoms with Crippen LogP contribution in [-0.2, 0) is 32.9 Å². The number of aliphatic hydroxyl groups excluding tert-OH is 1. The van der Waals surface area contributed by atoms with Crippen LogP contribution >= 0.6 is 0 Å². The lowest BCUT2D eigenvalue weighted by Gasteiger charge is -2.36. The van der Waals surface area contributed by atoms with Crippen LogP contribution in [0, 0.1) is 5.92 Å². The van der Waals surface area contributed by atoms with Crippen LogP contribution in [0.4, 0.5) is 4.79 Å². The SMILES string of the molecule is COC(=O)N[C@H](C(=O)NN(Cc1ccc(-c2ccc3c(c2)OCO3)cc1)C[C@](O)(C(=O)N[C@H]1c2ccccc2C[C@H]1O)c1ccccc1)C(C)C. The molecule has 6 rings (SSSR count). The van der Waals surface area contributed by atoms with E-state index in [9.17, 15) is 24.6 Å². The Morgan fingerprint density at radius 1 is 0.922 bits per heavy atom. The number of alkyl carbamates (subject to hydrolysis) is 1. The second-order valence-electron chi connectivity index (χ2n) is 13.1. The lowest BCUT2D eigenvalue weighted by atomic mass is 9.91. The summed E-state index contributed by atoms with van der Waals surface area (Å²) in [5.41, 5.74) is 5.24. The number of rotatable bonds is 12. The molecule has 0 bridgehead atoms. The number of benzene rings is 4. The van der Waals surface area contributed by atoms with Crippen molar-refractivity contribution in [1.82, 2.24) is 21.1 Å². The Morgan fingerprint density at radius 3 is 2.33 bits per heavy atom. The number of hydrazine groups is 1. The fraction of sp³-hybridized carbons (Fsp3) is 0.308. The summed E-state index contributed by atoms with van der Waals surface area (Å²) in [7, 11) is 1.21. The molecule has 0 spiro atoms. The second kappa shape index (κ2) is 15.2. The van der Waals surface area contributed by atoms with Crippen molar-refractivity contribution in [2.45, 2.75) is 50.6 Å². The van der Waals surface area contributed by atoms with Crippen LogP contribution in [0.1, 0.15) is 42.1 Å². The highest BCUT2D eigenvalue weighted by molar-refractivity contribution is 5.88. The van der Waals surface area contributed by atoms with Crippen molar-refractivity contribution in [3.8, 4) is 22.6 Å². The number of hydrogen-bond donors (Lipinski definition) is 5. The zero-order valence-corrected chi connectivity index (χ0v) is 28.7. The summed E-state index contributed by atoms with van der Waals surface area (Å²) in [5, 5.41) is 30.3. The lowest BCUT2D eigenvalue weighted by Crippen LogP contribution is -2.59. The van der Waals surface area contributed by atoms with E-state index in [-0.39, 0.29) is 31.4 Å². The van der Waals surface area contributed by atoms with Gasteiger partial charge >= 0.3 is 6.09 Å². The zero-order chi connectivity index (χ0) is 36.1. The first-order valence-electron chi connectivity index (χ1n) is 16.8. The van der Waals surface area contributed by atoms with Crippen LogP contribution in [-0.4, -0.2) is 65.7 Å². The van der Waals surface area contributed by atoms with Crippen molar-refractivity contribution in [3.05, 3.63) is 119 Å². The first-order valence-corrected chi connectivity index (χ1v) is 16.8. The highest BCUT2D eigenvalue weighted by Crippen LogP contribution is 2.36. The van der Waals surface area contributed by atoms with Gasteiger partial charge in [-0.3, -0.25) is 15.0 Å². The molecule has 12 nitrogen and oxygen atoms in total. The molecule has 0 saturated carbocycles. The van der Waals surface area contributed by atoms with E-state index < -0.39 is 41.7 Å². The monoisotopic (exact) mass is 694 g/mol. The van der Waals surface area contributed by atoms with E-state index in [1.165, 1.54) is 12.1 Å². The standard InChI is InChI=1S/C39H42N4O8/c1-24(2)34(41-38(47)49-3)36(45)42-43(21-25-13-15-26(16-14-25)27-17-18-32-33(20-27)51-23-50-32)22-39(48,29-10-5-4-6-11-29)37(46)40-35-30-12-8-7-9-28(30)19-31(35)44/h4-18,20,24,31,34-35,44,48H,19,21-23H2,1-3H3,(H,40,46)(H,41,47)(H,42,45)/t31-,34+,35+,39-/m1/s1. The summed E-state index contributed by atoms with van der Waals surface area (Å²) in [4.78, 5) is 40.2. The third-order valence-corrected chi connectivity index (χ3v) is 9.25. The molecule has 1 aliphatic heterocycles. The summed E-state index contributed by atoms with van der Waals surface area (Å²) in [6.07, 6.45) is -1.30. The number of amides is 3. The van der Waals surface area contributed by atoms with Gasteiger partial charge in [0.05, 0.1) is 25.8 Å². The maximum Gasteiger partial charge on any atom is 0.407 e. The number of aliphatic hydroxyl groups is 2. The van der Waals surface area contributed by atoms with Gasteiger partial charge < -0.3 is 35.1 Å². The van der Waals surface area contributed by atoms with E-state index >= 15 is 0 Å². The van der Waals surface area contributed by atoms with E-state index in [2.05, 4.69) is 16.1 Å². The van der Waals surface area contributed by atoms with E-state index in [0.717, 1.165) is 27.8 Å². The molecule has 5 N–H and O–H groups in total. The Kier molecular flexibility index (Phi) is 10.6. The zero-order valence-electron chi connectivity index (χ0n) is 28.7. The average molecular weight is 695 g/mol. The van der Waals surface area contributed by atoms with Crippen LogP contribution in [0.2, 0.25) is 0 Å². The summed E-state index contributed by atoms with van der Waals surface area (Å²) >= 11 is 0. The van der Waals surface area contributed by atoms with Crippen LogP contribution in [0.5, 0.6) is 11.5 Å². The van der Waals surface area contributed by atoms with Crippen molar-refractivity contribution in [3.63, 3.8) is 0 Å².